The van der Waals surface area contributed by atoms with E-state index in [2.05, 4.69) is 15.2 Å². The molecule has 1 unspecified atom stereocenters. The van der Waals surface area contributed by atoms with Crippen molar-refractivity contribution in [1.29, 1.82) is 0 Å². The predicted molar refractivity (Wildman–Crippen MR) is 82.1 cm³/mol. The largest absolute Gasteiger partial charge is 0.339 e. The summed E-state index contributed by atoms with van der Waals surface area (Å²) in [6.45, 7) is 5.08. The third kappa shape index (κ3) is 3.36. The lowest BCUT2D eigenvalue weighted by Crippen LogP contribution is -2.52. The van der Waals surface area contributed by atoms with E-state index in [1.807, 2.05) is 17.0 Å². The Morgan fingerprint density at radius 2 is 2.19 bits per heavy atom. The lowest BCUT2D eigenvalue weighted by molar-refractivity contribution is -0.136. The van der Waals surface area contributed by atoms with Crippen LogP contribution >= 0.6 is 11.6 Å². The van der Waals surface area contributed by atoms with Crippen LogP contribution in [0.15, 0.2) is 18.3 Å². The number of nitrogens with one attached hydrogen (secondary N) is 1. The van der Waals surface area contributed by atoms with E-state index in [1.165, 1.54) is 0 Å². The van der Waals surface area contributed by atoms with Gasteiger partial charge in [-0.15, -0.1) is 0 Å². The fourth-order valence-corrected chi connectivity index (χ4v) is 3.33. The molecule has 0 aromatic carbocycles. The third-order valence-electron chi connectivity index (χ3n) is 4.29. The zero-order valence-electron chi connectivity index (χ0n) is 12.1. The maximum atomic E-state index is 12.7. The Bertz CT molecular complexity index is 504. The molecule has 1 atom stereocenters. The zero-order chi connectivity index (χ0) is 14.7. The molecule has 0 saturated carbocycles. The molecule has 21 heavy (non-hydrogen) atoms. The monoisotopic (exact) mass is 308 g/mol. The predicted octanol–water partition coefficient (Wildman–Crippen LogP) is 1.13. The summed E-state index contributed by atoms with van der Waals surface area (Å²) in [5.74, 6) is 0.272. The molecular weight excluding hydrogens is 288 g/mol. The molecule has 0 radical (unpaired) electrons. The van der Waals surface area contributed by atoms with E-state index in [0.29, 0.717) is 11.7 Å². The third-order valence-corrected chi connectivity index (χ3v) is 4.63. The van der Waals surface area contributed by atoms with Crippen LogP contribution in [0.1, 0.15) is 18.4 Å². The van der Waals surface area contributed by atoms with Crippen LogP contribution in [-0.2, 0) is 11.3 Å². The Labute approximate surface area is 130 Å². The summed E-state index contributed by atoms with van der Waals surface area (Å²) in [6.07, 6.45) is 3.71. The number of hydrogen-bond acceptors (Lipinski definition) is 4. The van der Waals surface area contributed by atoms with Gasteiger partial charge in [0.15, 0.2) is 0 Å². The molecule has 6 heteroatoms. The van der Waals surface area contributed by atoms with E-state index >= 15 is 0 Å². The van der Waals surface area contributed by atoms with Crippen molar-refractivity contribution < 1.29 is 4.79 Å². The van der Waals surface area contributed by atoms with E-state index in [0.717, 1.165) is 51.1 Å². The van der Waals surface area contributed by atoms with Crippen molar-refractivity contribution in [3.05, 3.63) is 29.0 Å². The molecule has 2 aliphatic heterocycles. The van der Waals surface area contributed by atoms with Gasteiger partial charge >= 0.3 is 0 Å². The van der Waals surface area contributed by atoms with Gasteiger partial charge < -0.3 is 10.2 Å². The Morgan fingerprint density at radius 1 is 1.38 bits per heavy atom. The molecule has 2 fully saturated rings. The molecule has 0 bridgehead atoms. The van der Waals surface area contributed by atoms with Crippen LogP contribution in [0.3, 0.4) is 0 Å². The molecule has 1 aromatic rings. The maximum absolute atomic E-state index is 12.7. The molecule has 1 N–H and O–H groups in total. The second-order valence-electron chi connectivity index (χ2n) is 5.66. The van der Waals surface area contributed by atoms with Gasteiger partial charge in [-0.2, -0.15) is 0 Å². The molecule has 114 valence electrons. The van der Waals surface area contributed by atoms with E-state index in [9.17, 15) is 4.79 Å². The number of likely N-dealkylation sites (tertiary alicyclic amines) is 1. The number of halogens is 1. The molecule has 3 heterocycles. The number of aromatic nitrogens is 1. The number of hydrogen-bond donors (Lipinski definition) is 1. The highest BCUT2D eigenvalue weighted by molar-refractivity contribution is 6.30. The molecule has 0 aliphatic carbocycles. The summed E-state index contributed by atoms with van der Waals surface area (Å²) in [5, 5.41) is 3.83. The number of piperazine rings is 1. The SMILES string of the molecule is O=C(C1CCCN1Cc1cccnc1Cl)N1CCNCC1. The van der Waals surface area contributed by atoms with Gasteiger partial charge in [-0.1, -0.05) is 17.7 Å². The topological polar surface area (TPSA) is 48.5 Å². The van der Waals surface area contributed by atoms with E-state index in [4.69, 9.17) is 11.6 Å². The number of pyridine rings is 1. The molecule has 3 rings (SSSR count). The molecule has 0 spiro atoms. The van der Waals surface area contributed by atoms with Crippen LogP contribution in [0.25, 0.3) is 0 Å². The molecular formula is C15H21ClN4O. The highest BCUT2D eigenvalue weighted by Crippen LogP contribution is 2.24. The van der Waals surface area contributed by atoms with Crippen LogP contribution in [0.2, 0.25) is 5.15 Å². The van der Waals surface area contributed by atoms with Crippen molar-refractivity contribution in [1.82, 2.24) is 20.1 Å². The number of amides is 1. The number of rotatable bonds is 3. The second kappa shape index (κ2) is 6.73. The minimum atomic E-state index is -0.000581. The van der Waals surface area contributed by atoms with Gasteiger partial charge in [-0.25, -0.2) is 4.98 Å². The molecule has 5 nitrogen and oxygen atoms in total. The quantitative estimate of drug-likeness (QED) is 0.851. The first-order valence-electron chi connectivity index (χ1n) is 7.58. The van der Waals surface area contributed by atoms with Gasteiger partial charge in [-0.3, -0.25) is 9.69 Å². The molecule has 1 aromatic heterocycles. The van der Waals surface area contributed by atoms with E-state index in [-0.39, 0.29) is 11.9 Å². The maximum Gasteiger partial charge on any atom is 0.240 e. The minimum absolute atomic E-state index is 0.000581. The summed E-state index contributed by atoms with van der Waals surface area (Å²) < 4.78 is 0. The number of carbonyl (C=O) groups excluding carboxylic acids is 1. The van der Waals surface area contributed by atoms with Crippen molar-refractivity contribution in [2.24, 2.45) is 0 Å². The van der Waals surface area contributed by atoms with Crippen molar-refractivity contribution in [3.8, 4) is 0 Å². The second-order valence-corrected chi connectivity index (χ2v) is 6.02. The van der Waals surface area contributed by atoms with Crippen LogP contribution in [-0.4, -0.2) is 59.5 Å². The van der Waals surface area contributed by atoms with Gasteiger partial charge in [0.1, 0.15) is 5.15 Å². The van der Waals surface area contributed by atoms with Gasteiger partial charge in [0.2, 0.25) is 5.91 Å². The first kappa shape index (κ1) is 14.8. The van der Waals surface area contributed by atoms with Gasteiger partial charge in [0.25, 0.3) is 0 Å². The fraction of sp³-hybridized carbons (Fsp3) is 0.600. The average Bonchev–Trinajstić information content (AvgIpc) is 2.98. The van der Waals surface area contributed by atoms with Crippen LogP contribution < -0.4 is 5.32 Å². The van der Waals surface area contributed by atoms with Gasteiger partial charge in [-0.05, 0) is 25.5 Å². The Hall–Kier alpha value is -1.17. The van der Waals surface area contributed by atoms with Crippen LogP contribution in [0, 0.1) is 0 Å². The summed E-state index contributed by atoms with van der Waals surface area (Å²) in [5.41, 5.74) is 0.999. The molecule has 2 saturated heterocycles. The Morgan fingerprint density at radius 3 is 2.95 bits per heavy atom. The summed E-state index contributed by atoms with van der Waals surface area (Å²) in [7, 11) is 0. The highest BCUT2D eigenvalue weighted by atomic mass is 35.5. The molecule has 1 amide bonds. The first-order chi connectivity index (χ1) is 10.3. The lowest BCUT2D eigenvalue weighted by atomic mass is 10.1. The van der Waals surface area contributed by atoms with Crippen molar-refractivity contribution in [2.75, 3.05) is 32.7 Å². The Balaban J connectivity index is 1.67. The van der Waals surface area contributed by atoms with Crippen LogP contribution in [0.5, 0.6) is 0 Å². The standard InChI is InChI=1S/C15H21ClN4O/c16-14-12(3-1-5-18-14)11-20-8-2-4-13(20)15(21)19-9-6-17-7-10-19/h1,3,5,13,17H,2,4,6-11H2. The van der Waals surface area contributed by atoms with E-state index < -0.39 is 0 Å². The number of nitrogens with zero attached hydrogens (tertiary/aromatic N) is 3. The number of carbonyl (C=O) groups is 1. The smallest absolute Gasteiger partial charge is 0.240 e. The summed E-state index contributed by atoms with van der Waals surface area (Å²) in [4.78, 5) is 21.0. The summed E-state index contributed by atoms with van der Waals surface area (Å²) >= 11 is 6.14. The van der Waals surface area contributed by atoms with Crippen molar-refractivity contribution >= 4 is 17.5 Å². The Kier molecular flexibility index (Phi) is 4.73. The fourth-order valence-electron chi connectivity index (χ4n) is 3.15. The molecule has 2 aliphatic rings. The van der Waals surface area contributed by atoms with Crippen molar-refractivity contribution in [2.45, 2.75) is 25.4 Å². The lowest BCUT2D eigenvalue weighted by Gasteiger charge is -2.33. The normalized spacial score (nSPS) is 23.5. The highest BCUT2D eigenvalue weighted by Gasteiger charge is 2.34. The zero-order valence-corrected chi connectivity index (χ0v) is 12.9. The minimum Gasteiger partial charge on any atom is -0.339 e. The van der Waals surface area contributed by atoms with Gasteiger partial charge in [0.05, 0.1) is 6.04 Å². The van der Waals surface area contributed by atoms with Crippen molar-refractivity contribution in [3.63, 3.8) is 0 Å². The summed E-state index contributed by atoms with van der Waals surface area (Å²) in [6, 6.07) is 3.88. The van der Waals surface area contributed by atoms with Crippen LogP contribution in [0.4, 0.5) is 0 Å². The van der Waals surface area contributed by atoms with Gasteiger partial charge in [0, 0.05) is 44.5 Å². The first-order valence-corrected chi connectivity index (χ1v) is 7.96. The van der Waals surface area contributed by atoms with E-state index in [1.54, 1.807) is 6.20 Å². The average molecular weight is 309 g/mol.